The van der Waals surface area contributed by atoms with E-state index < -0.39 is 0 Å². The van der Waals surface area contributed by atoms with Crippen LogP contribution in [0.2, 0.25) is 0 Å². The molecule has 2 rings (SSSR count). The van der Waals surface area contributed by atoms with Gasteiger partial charge in [-0.3, -0.25) is 4.79 Å². The predicted molar refractivity (Wildman–Crippen MR) is 81.0 cm³/mol. The summed E-state index contributed by atoms with van der Waals surface area (Å²) in [5.74, 6) is 0.770. The molecule has 0 aliphatic carbocycles. The maximum absolute atomic E-state index is 11.9. The fourth-order valence-electron chi connectivity index (χ4n) is 2.23. The van der Waals surface area contributed by atoms with E-state index in [4.69, 9.17) is 4.74 Å². The summed E-state index contributed by atoms with van der Waals surface area (Å²) >= 11 is 0. The molecule has 0 radical (unpaired) electrons. The second kappa shape index (κ2) is 7.53. The van der Waals surface area contributed by atoms with Gasteiger partial charge in [-0.1, -0.05) is 6.08 Å². The van der Waals surface area contributed by atoms with Gasteiger partial charge in [0.2, 0.25) is 0 Å². The zero-order chi connectivity index (χ0) is 14.2. The molecular weight excluding hydrogens is 250 g/mol. The SMILES string of the molecule is COc1ccc(C(=O)/C=C/C=C/N2CCCCC2)cc1. The maximum Gasteiger partial charge on any atom is 0.185 e. The van der Waals surface area contributed by atoms with Crippen molar-refractivity contribution in [2.24, 2.45) is 0 Å². The van der Waals surface area contributed by atoms with Gasteiger partial charge in [0.15, 0.2) is 5.78 Å². The fourth-order valence-corrected chi connectivity index (χ4v) is 2.23. The molecule has 1 aromatic carbocycles. The number of likely N-dealkylation sites (tertiary alicyclic amines) is 1. The molecule has 1 aliphatic heterocycles. The Morgan fingerprint density at radius 2 is 1.80 bits per heavy atom. The van der Waals surface area contributed by atoms with Crippen molar-refractivity contribution in [1.82, 2.24) is 4.90 Å². The summed E-state index contributed by atoms with van der Waals surface area (Å²) < 4.78 is 5.07. The van der Waals surface area contributed by atoms with Crippen LogP contribution in [-0.2, 0) is 0 Å². The molecule has 0 bridgehead atoms. The Hall–Kier alpha value is -2.03. The van der Waals surface area contributed by atoms with E-state index in [1.165, 1.54) is 19.3 Å². The molecule has 0 atom stereocenters. The second-order valence-electron chi connectivity index (χ2n) is 4.89. The highest BCUT2D eigenvalue weighted by atomic mass is 16.5. The average molecular weight is 271 g/mol. The van der Waals surface area contributed by atoms with Gasteiger partial charge in [0, 0.05) is 18.7 Å². The smallest absolute Gasteiger partial charge is 0.185 e. The molecule has 0 saturated carbocycles. The summed E-state index contributed by atoms with van der Waals surface area (Å²) in [6.45, 7) is 2.24. The normalized spacial score (nSPS) is 15.9. The molecule has 0 N–H and O–H groups in total. The Labute approximate surface area is 120 Å². The van der Waals surface area contributed by atoms with Crippen LogP contribution in [-0.4, -0.2) is 30.9 Å². The van der Waals surface area contributed by atoms with Gasteiger partial charge in [-0.25, -0.2) is 0 Å². The molecule has 1 aromatic rings. The minimum atomic E-state index is 0.0101. The third-order valence-electron chi connectivity index (χ3n) is 3.42. The summed E-state index contributed by atoms with van der Waals surface area (Å²) in [6, 6.07) is 7.15. The number of allylic oxidation sites excluding steroid dienone is 3. The summed E-state index contributed by atoms with van der Waals surface area (Å²) in [5.41, 5.74) is 0.674. The van der Waals surface area contributed by atoms with Gasteiger partial charge in [-0.05, 0) is 61.9 Å². The minimum Gasteiger partial charge on any atom is -0.497 e. The van der Waals surface area contributed by atoms with E-state index in [1.54, 1.807) is 43.5 Å². The van der Waals surface area contributed by atoms with Gasteiger partial charge >= 0.3 is 0 Å². The molecular formula is C17H21NO2. The topological polar surface area (TPSA) is 29.5 Å². The Bertz CT molecular complexity index is 482. The Morgan fingerprint density at radius 1 is 1.10 bits per heavy atom. The number of rotatable bonds is 5. The van der Waals surface area contributed by atoms with Crippen molar-refractivity contribution < 1.29 is 9.53 Å². The van der Waals surface area contributed by atoms with Crippen LogP contribution in [0.15, 0.2) is 48.7 Å². The van der Waals surface area contributed by atoms with Crippen LogP contribution in [0.5, 0.6) is 5.75 Å². The van der Waals surface area contributed by atoms with Gasteiger partial charge in [0.05, 0.1) is 7.11 Å². The van der Waals surface area contributed by atoms with Crippen LogP contribution in [0.1, 0.15) is 29.6 Å². The number of hydrogen-bond acceptors (Lipinski definition) is 3. The first-order valence-corrected chi connectivity index (χ1v) is 7.07. The van der Waals surface area contributed by atoms with Gasteiger partial charge in [0.1, 0.15) is 5.75 Å². The molecule has 0 spiro atoms. The van der Waals surface area contributed by atoms with Gasteiger partial charge in [0.25, 0.3) is 0 Å². The van der Waals surface area contributed by atoms with Crippen LogP contribution in [0.25, 0.3) is 0 Å². The molecule has 1 saturated heterocycles. The number of carbonyl (C=O) groups excluding carboxylic acids is 1. The van der Waals surface area contributed by atoms with Crippen LogP contribution < -0.4 is 4.74 Å². The molecule has 0 amide bonds. The van der Waals surface area contributed by atoms with Crippen molar-refractivity contribution >= 4 is 5.78 Å². The lowest BCUT2D eigenvalue weighted by Gasteiger charge is -2.24. The van der Waals surface area contributed by atoms with Crippen LogP contribution >= 0.6 is 0 Å². The maximum atomic E-state index is 11.9. The molecule has 3 nitrogen and oxygen atoms in total. The first kappa shape index (κ1) is 14.4. The first-order valence-electron chi connectivity index (χ1n) is 7.07. The number of ether oxygens (including phenoxy) is 1. The van der Waals surface area contributed by atoms with Crippen molar-refractivity contribution in [2.75, 3.05) is 20.2 Å². The van der Waals surface area contributed by atoms with E-state index in [-0.39, 0.29) is 5.78 Å². The van der Waals surface area contributed by atoms with E-state index >= 15 is 0 Å². The molecule has 20 heavy (non-hydrogen) atoms. The van der Waals surface area contributed by atoms with Crippen LogP contribution in [0, 0.1) is 0 Å². The molecule has 0 unspecified atom stereocenters. The van der Waals surface area contributed by atoms with Crippen molar-refractivity contribution in [3.63, 3.8) is 0 Å². The van der Waals surface area contributed by atoms with Crippen molar-refractivity contribution in [3.05, 3.63) is 54.3 Å². The average Bonchev–Trinajstić information content (AvgIpc) is 2.52. The second-order valence-corrected chi connectivity index (χ2v) is 4.89. The van der Waals surface area contributed by atoms with Crippen molar-refractivity contribution in [1.29, 1.82) is 0 Å². The highest BCUT2D eigenvalue weighted by molar-refractivity contribution is 6.04. The lowest BCUT2D eigenvalue weighted by Crippen LogP contribution is -2.23. The quantitative estimate of drug-likeness (QED) is 0.467. The zero-order valence-electron chi connectivity index (χ0n) is 11.9. The van der Waals surface area contributed by atoms with E-state index in [2.05, 4.69) is 11.1 Å². The fraction of sp³-hybridized carbons (Fsp3) is 0.353. The molecule has 1 aliphatic rings. The number of nitrogens with zero attached hydrogens (tertiary/aromatic N) is 1. The van der Waals surface area contributed by atoms with Gasteiger partial charge < -0.3 is 9.64 Å². The van der Waals surface area contributed by atoms with E-state index in [1.807, 2.05) is 6.08 Å². The van der Waals surface area contributed by atoms with Crippen LogP contribution in [0.4, 0.5) is 0 Å². The highest BCUT2D eigenvalue weighted by Gasteiger charge is 2.04. The number of piperidine rings is 1. The lowest BCUT2D eigenvalue weighted by atomic mass is 10.1. The molecule has 1 fully saturated rings. The van der Waals surface area contributed by atoms with E-state index in [9.17, 15) is 4.79 Å². The van der Waals surface area contributed by atoms with E-state index in [0.29, 0.717) is 5.56 Å². The van der Waals surface area contributed by atoms with Crippen LogP contribution in [0.3, 0.4) is 0 Å². The number of methoxy groups -OCH3 is 1. The summed E-state index contributed by atoms with van der Waals surface area (Å²) in [6.07, 6.45) is 11.3. The monoisotopic (exact) mass is 271 g/mol. The Morgan fingerprint density at radius 3 is 2.45 bits per heavy atom. The number of hydrogen-bond donors (Lipinski definition) is 0. The largest absolute Gasteiger partial charge is 0.497 e. The summed E-state index contributed by atoms with van der Waals surface area (Å²) in [7, 11) is 1.61. The minimum absolute atomic E-state index is 0.0101. The standard InChI is InChI=1S/C17H21NO2/c1-20-16-10-8-15(9-11-16)17(19)7-3-6-14-18-12-4-2-5-13-18/h3,6-11,14H,2,4-5,12-13H2,1H3/b7-3+,14-6+. The molecule has 106 valence electrons. The highest BCUT2D eigenvalue weighted by Crippen LogP contribution is 2.12. The lowest BCUT2D eigenvalue weighted by molar-refractivity contribution is 0.104. The van der Waals surface area contributed by atoms with E-state index in [0.717, 1.165) is 18.8 Å². The first-order chi connectivity index (χ1) is 9.79. The number of benzene rings is 1. The number of carbonyl (C=O) groups is 1. The summed E-state index contributed by atoms with van der Waals surface area (Å²) in [4.78, 5) is 14.2. The van der Waals surface area contributed by atoms with Crippen molar-refractivity contribution in [3.8, 4) is 5.75 Å². The van der Waals surface area contributed by atoms with Gasteiger partial charge in [-0.15, -0.1) is 0 Å². The predicted octanol–water partition coefficient (Wildman–Crippen LogP) is 3.43. The molecule has 1 heterocycles. The third-order valence-corrected chi connectivity index (χ3v) is 3.42. The van der Waals surface area contributed by atoms with Crippen molar-refractivity contribution in [2.45, 2.75) is 19.3 Å². The number of ketones is 1. The zero-order valence-corrected chi connectivity index (χ0v) is 11.9. The molecule has 3 heteroatoms. The van der Waals surface area contributed by atoms with Gasteiger partial charge in [-0.2, -0.15) is 0 Å². The Kier molecular flexibility index (Phi) is 5.42. The Balaban J connectivity index is 1.86. The third kappa shape index (κ3) is 4.26. The summed E-state index contributed by atoms with van der Waals surface area (Å²) in [5, 5.41) is 0. The molecule has 0 aromatic heterocycles.